The topological polar surface area (TPSA) is 44.5 Å². The molecule has 78 valence electrons. The fourth-order valence-electron chi connectivity index (χ4n) is 1.43. The van der Waals surface area contributed by atoms with E-state index >= 15 is 0 Å². The largest absolute Gasteiger partial charge is 0.495 e. The first-order chi connectivity index (χ1) is 6.65. The lowest BCUT2D eigenvalue weighted by Crippen LogP contribution is -2.02. The third-order valence-corrected chi connectivity index (χ3v) is 2.79. The van der Waals surface area contributed by atoms with Crippen molar-refractivity contribution in [3.05, 3.63) is 21.7 Å². The number of hydrogen-bond donors (Lipinski definition) is 1. The van der Waals surface area contributed by atoms with E-state index in [1.807, 2.05) is 13.0 Å². The van der Waals surface area contributed by atoms with E-state index in [4.69, 9.17) is 15.2 Å². The van der Waals surface area contributed by atoms with Crippen LogP contribution in [0.5, 0.6) is 11.5 Å². The highest BCUT2D eigenvalue weighted by Gasteiger charge is 2.14. The smallest absolute Gasteiger partial charge is 0.141 e. The average molecular weight is 260 g/mol. The summed E-state index contributed by atoms with van der Waals surface area (Å²) in [5, 5.41) is 0. The lowest BCUT2D eigenvalue weighted by atomic mass is 10.1. The van der Waals surface area contributed by atoms with Gasteiger partial charge < -0.3 is 15.2 Å². The molecule has 0 aliphatic carbocycles. The van der Waals surface area contributed by atoms with Crippen LogP contribution in [0.25, 0.3) is 0 Å². The SMILES string of the molecule is COc1c(C)cc(CN)c(OC)c1Br. The second-order valence-corrected chi connectivity index (χ2v) is 3.73. The van der Waals surface area contributed by atoms with E-state index < -0.39 is 0 Å². The summed E-state index contributed by atoms with van der Waals surface area (Å²) in [7, 11) is 3.25. The van der Waals surface area contributed by atoms with Gasteiger partial charge in [-0.1, -0.05) is 0 Å². The molecule has 1 rings (SSSR count). The first kappa shape index (κ1) is 11.3. The quantitative estimate of drug-likeness (QED) is 0.906. The maximum absolute atomic E-state index is 5.61. The molecule has 1 aromatic rings. The van der Waals surface area contributed by atoms with Crippen LogP contribution < -0.4 is 15.2 Å². The number of ether oxygens (including phenoxy) is 2. The highest BCUT2D eigenvalue weighted by Crippen LogP contribution is 2.39. The molecule has 2 N–H and O–H groups in total. The second kappa shape index (κ2) is 4.66. The number of benzene rings is 1. The van der Waals surface area contributed by atoms with Gasteiger partial charge in [0.2, 0.25) is 0 Å². The average Bonchev–Trinajstić information content (AvgIpc) is 2.17. The first-order valence-corrected chi connectivity index (χ1v) is 5.05. The fourth-order valence-corrected chi connectivity index (χ4v) is 2.32. The predicted octanol–water partition coefficient (Wildman–Crippen LogP) is 2.23. The van der Waals surface area contributed by atoms with Gasteiger partial charge in [-0.2, -0.15) is 0 Å². The molecule has 0 aliphatic heterocycles. The Morgan fingerprint density at radius 1 is 1.29 bits per heavy atom. The fraction of sp³-hybridized carbons (Fsp3) is 0.400. The Morgan fingerprint density at radius 2 is 1.86 bits per heavy atom. The number of methoxy groups -OCH3 is 2. The molecular formula is C10H14BrNO2. The van der Waals surface area contributed by atoms with Crippen molar-refractivity contribution in [2.45, 2.75) is 13.5 Å². The summed E-state index contributed by atoms with van der Waals surface area (Å²) in [5.74, 6) is 1.54. The molecule has 3 nitrogen and oxygen atoms in total. The number of halogens is 1. The van der Waals surface area contributed by atoms with E-state index in [1.165, 1.54) is 0 Å². The highest BCUT2D eigenvalue weighted by atomic mass is 79.9. The van der Waals surface area contributed by atoms with Crippen LogP contribution in [0, 0.1) is 6.92 Å². The Kier molecular flexibility index (Phi) is 3.77. The molecule has 4 heteroatoms. The molecule has 14 heavy (non-hydrogen) atoms. The molecule has 0 saturated carbocycles. The minimum absolute atomic E-state index is 0.451. The van der Waals surface area contributed by atoms with E-state index in [-0.39, 0.29) is 0 Å². The summed E-state index contributed by atoms with van der Waals surface area (Å²) in [6.45, 7) is 2.43. The summed E-state index contributed by atoms with van der Waals surface area (Å²) >= 11 is 3.44. The van der Waals surface area contributed by atoms with Gasteiger partial charge in [-0.15, -0.1) is 0 Å². The minimum atomic E-state index is 0.451. The predicted molar refractivity (Wildman–Crippen MR) is 59.9 cm³/mol. The number of aryl methyl sites for hydroxylation is 1. The molecule has 1 aromatic carbocycles. The molecule has 0 bridgehead atoms. The van der Waals surface area contributed by atoms with E-state index in [2.05, 4.69) is 15.9 Å². The monoisotopic (exact) mass is 259 g/mol. The normalized spacial score (nSPS) is 10.1. The van der Waals surface area contributed by atoms with Crippen LogP contribution >= 0.6 is 15.9 Å². The molecule has 0 heterocycles. The van der Waals surface area contributed by atoms with Gasteiger partial charge in [0.15, 0.2) is 0 Å². The maximum Gasteiger partial charge on any atom is 0.141 e. The van der Waals surface area contributed by atoms with Crippen LogP contribution in [0.4, 0.5) is 0 Å². The summed E-state index contributed by atoms with van der Waals surface area (Å²) in [6.07, 6.45) is 0. The molecule has 0 aliphatic rings. The molecule has 0 radical (unpaired) electrons. The zero-order valence-corrected chi connectivity index (χ0v) is 10.1. The lowest BCUT2D eigenvalue weighted by molar-refractivity contribution is 0.384. The van der Waals surface area contributed by atoms with Gasteiger partial charge in [-0.25, -0.2) is 0 Å². The van der Waals surface area contributed by atoms with Crippen molar-refractivity contribution in [3.63, 3.8) is 0 Å². The van der Waals surface area contributed by atoms with Gasteiger partial charge in [-0.05, 0) is 34.5 Å². The zero-order valence-electron chi connectivity index (χ0n) is 8.56. The summed E-state index contributed by atoms with van der Waals surface area (Å²) in [5.41, 5.74) is 7.63. The van der Waals surface area contributed by atoms with Crippen molar-refractivity contribution in [3.8, 4) is 11.5 Å². The summed E-state index contributed by atoms with van der Waals surface area (Å²) in [4.78, 5) is 0. The number of nitrogens with two attached hydrogens (primary N) is 1. The molecule has 0 amide bonds. The van der Waals surface area contributed by atoms with Crippen LogP contribution in [0.3, 0.4) is 0 Å². The third kappa shape index (κ3) is 1.86. The van der Waals surface area contributed by atoms with Crippen molar-refractivity contribution < 1.29 is 9.47 Å². The lowest BCUT2D eigenvalue weighted by Gasteiger charge is -2.14. The van der Waals surface area contributed by atoms with Crippen LogP contribution in [-0.4, -0.2) is 14.2 Å². The van der Waals surface area contributed by atoms with Crippen molar-refractivity contribution in [1.29, 1.82) is 0 Å². The first-order valence-electron chi connectivity index (χ1n) is 4.25. The summed E-state index contributed by atoms with van der Waals surface area (Å²) in [6, 6.07) is 1.97. The van der Waals surface area contributed by atoms with Crippen molar-refractivity contribution in [1.82, 2.24) is 0 Å². The van der Waals surface area contributed by atoms with Crippen molar-refractivity contribution in [2.24, 2.45) is 5.73 Å². The van der Waals surface area contributed by atoms with E-state index in [0.29, 0.717) is 6.54 Å². The third-order valence-electron chi connectivity index (χ3n) is 2.07. The van der Waals surface area contributed by atoms with Crippen LogP contribution in [0.1, 0.15) is 11.1 Å². The van der Waals surface area contributed by atoms with Gasteiger partial charge >= 0.3 is 0 Å². The van der Waals surface area contributed by atoms with E-state index in [0.717, 1.165) is 27.1 Å². The molecule has 0 saturated heterocycles. The molecular weight excluding hydrogens is 246 g/mol. The molecule has 0 aromatic heterocycles. The standard InChI is InChI=1S/C10H14BrNO2/c1-6-4-7(5-12)10(14-3)8(11)9(6)13-2/h4H,5,12H2,1-3H3. The Balaban J connectivity index is 3.39. The number of rotatable bonds is 3. The zero-order chi connectivity index (χ0) is 10.7. The minimum Gasteiger partial charge on any atom is -0.495 e. The molecule has 0 unspecified atom stereocenters. The second-order valence-electron chi connectivity index (χ2n) is 2.94. The van der Waals surface area contributed by atoms with E-state index in [9.17, 15) is 0 Å². The van der Waals surface area contributed by atoms with Gasteiger partial charge in [0.25, 0.3) is 0 Å². The Bertz CT molecular complexity index is 339. The Morgan fingerprint density at radius 3 is 2.29 bits per heavy atom. The van der Waals surface area contributed by atoms with Crippen LogP contribution in [-0.2, 0) is 6.54 Å². The van der Waals surface area contributed by atoms with Gasteiger partial charge in [0.1, 0.15) is 16.0 Å². The summed E-state index contributed by atoms with van der Waals surface area (Å²) < 4.78 is 11.3. The van der Waals surface area contributed by atoms with E-state index in [1.54, 1.807) is 14.2 Å². The molecule has 0 spiro atoms. The van der Waals surface area contributed by atoms with Crippen LogP contribution in [0.2, 0.25) is 0 Å². The Labute approximate surface area is 92.3 Å². The molecule has 0 fully saturated rings. The van der Waals surface area contributed by atoms with Crippen molar-refractivity contribution >= 4 is 15.9 Å². The van der Waals surface area contributed by atoms with Gasteiger partial charge in [-0.3, -0.25) is 0 Å². The highest BCUT2D eigenvalue weighted by molar-refractivity contribution is 9.10. The van der Waals surface area contributed by atoms with Gasteiger partial charge in [0.05, 0.1) is 14.2 Å². The Hall–Kier alpha value is -0.740. The van der Waals surface area contributed by atoms with Crippen molar-refractivity contribution in [2.75, 3.05) is 14.2 Å². The maximum atomic E-state index is 5.61. The molecule has 0 atom stereocenters. The number of hydrogen-bond acceptors (Lipinski definition) is 3. The van der Waals surface area contributed by atoms with Gasteiger partial charge in [0, 0.05) is 12.1 Å². The van der Waals surface area contributed by atoms with Crippen LogP contribution in [0.15, 0.2) is 10.5 Å².